The number of carbonyl (C=O) groups excluding carboxylic acids is 2. The van der Waals surface area contributed by atoms with E-state index in [1.807, 2.05) is 13.8 Å². The second kappa shape index (κ2) is 7.65. The van der Waals surface area contributed by atoms with E-state index >= 15 is 0 Å². The minimum absolute atomic E-state index is 0.208. The zero-order valence-electron chi connectivity index (χ0n) is 9.49. The van der Waals surface area contributed by atoms with Gasteiger partial charge >= 0.3 is 11.8 Å². The number of hydrogen-bond acceptors (Lipinski definition) is 4. The highest BCUT2D eigenvalue weighted by Crippen LogP contribution is 2.03. The average Bonchev–Trinajstić information content (AvgIpc) is 2.23. The van der Waals surface area contributed by atoms with E-state index in [0.717, 1.165) is 0 Å². The molecule has 1 unspecified atom stereocenters. The Morgan fingerprint density at radius 3 is 2.44 bits per heavy atom. The summed E-state index contributed by atoms with van der Waals surface area (Å²) in [4.78, 5) is 22.3. The van der Waals surface area contributed by atoms with Crippen LogP contribution >= 0.6 is 0 Å². The molecular formula is C10H17N3O3. The average molecular weight is 227 g/mol. The summed E-state index contributed by atoms with van der Waals surface area (Å²) in [6.07, 6.45) is 0.591. The lowest BCUT2D eigenvalue weighted by molar-refractivity contribution is -0.139. The van der Waals surface area contributed by atoms with Crippen LogP contribution < -0.4 is 10.6 Å². The van der Waals surface area contributed by atoms with Gasteiger partial charge in [-0.2, -0.15) is 5.26 Å². The van der Waals surface area contributed by atoms with E-state index in [2.05, 4.69) is 10.6 Å². The summed E-state index contributed by atoms with van der Waals surface area (Å²) in [5.41, 5.74) is 0. The molecule has 0 aliphatic rings. The van der Waals surface area contributed by atoms with Gasteiger partial charge in [-0.05, 0) is 12.3 Å². The first-order valence-electron chi connectivity index (χ1n) is 5.07. The zero-order chi connectivity index (χ0) is 12.6. The molecule has 0 aliphatic heterocycles. The first-order chi connectivity index (χ1) is 7.51. The van der Waals surface area contributed by atoms with Crippen LogP contribution in [0.2, 0.25) is 0 Å². The van der Waals surface area contributed by atoms with Crippen LogP contribution in [-0.4, -0.2) is 36.1 Å². The number of aliphatic hydroxyl groups excluding tert-OH is 1. The third-order valence-corrected chi connectivity index (χ3v) is 1.85. The molecule has 0 aromatic carbocycles. The summed E-state index contributed by atoms with van der Waals surface area (Å²) in [7, 11) is 0. The summed E-state index contributed by atoms with van der Waals surface area (Å²) >= 11 is 0. The molecule has 0 fully saturated rings. The van der Waals surface area contributed by atoms with Crippen LogP contribution in [0.4, 0.5) is 0 Å². The molecule has 6 nitrogen and oxygen atoms in total. The summed E-state index contributed by atoms with van der Waals surface area (Å²) in [5.74, 6) is -1.38. The quantitative estimate of drug-likeness (QED) is 0.420. The number of nitrogens with zero attached hydrogens (tertiary/aromatic N) is 1. The normalized spacial score (nSPS) is 11.7. The Morgan fingerprint density at radius 2 is 2.00 bits per heavy atom. The van der Waals surface area contributed by atoms with Gasteiger partial charge in [-0.1, -0.05) is 13.8 Å². The fraction of sp³-hybridized carbons (Fsp3) is 0.700. The molecule has 0 radical (unpaired) electrons. The maximum atomic E-state index is 11.3. The Labute approximate surface area is 94.6 Å². The summed E-state index contributed by atoms with van der Waals surface area (Å²) in [6, 6.07) is 1.26. The van der Waals surface area contributed by atoms with Gasteiger partial charge in [-0.25, -0.2) is 0 Å². The van der Waals surface area contributed by atoms with Gasteiger partial charge in [0.25, 0.3) is 0 Å². The van der Waals surface area contributed by atoms with Gasteiger partial charge in [0, 0.05) is 0 Å². The molecule has 0 rings (SSSR count). The maximum Gasteiger partial charge on any atom is 0.310 e. The van der Waals surface area contributed by atoms with Crippen molar-refractivity contribution in [2.24, 2.45) is 5.92 Å². The first-order valence-corrected chi connectivity index (χ1v) is 5.07. The molecule has 0 aromatic heterocycles. The molecule has 16 heavy (non-hydrogen) atoms. The van der Waals surface area contributed by atoms with Crippen molar-refractivity contribution in [3.05, 3.63) is 0 Å². The van der Waals surface area contributed by atoms with E-state index in [9.17, 15) is 9.59 Å². The fourth-order valence-electron chi connectivity index (χ4n) is 1.20. The van der Waals surface area contributed by atoms with Gasteiger partial charge in [0.05, 0.1) is 18.7 Å². The highest BCUT2D eigenvalue weighted by Gasteiger charge is 2.18. The predicted octanol–water partition coefficient (Wildman–Crippen LogP) is -0.851. The van der Waals surface area contributed by atoms with E-state index in [-0.39, 0.29) is 13.2 Å². The molecule has 1 atom stereocenters. The molecule has 0 aromatic rings. The number of nitrogens with one attached hydrogen (secondary N) is 2. The Bertz CT molecular complexity index is 284. The van der Waals surface area contributed by atoms with E-state index in [4.69, 9.17) is 10.4 Å². The van der Waals surface area contributed by atoms with Crippen LogP contribution in [0, 0.1) is 17.2 Å². The lowest BCUT2D eigenvalue weighted by Gasteiger charge is -2.17. The molecule has 90 valence electrons. The van der Waals surface area contributed by atoms with E-state index in [1.54, 1.807) is 6.07 Å². The van der Waals surface area contributed by atoms with Crippen molar-refractivity contribution < 1.29 is 14.7 Å². The Morgan fingerprint density at radius 1 is 1.38 bits per heavy atom. The van der Waals surface area contributed by atoms with Crippen LogP contribution in [0.1, 0.15) is 20.3 Å². The second-order valence-electron chi connectivity index (χ2n) is 3.82. The van der Waals surface area contributed by atoms with Crippen molar-refractivity contribution >= 4 is 11.8 Å². The Kier molecular flexibility index (Phi) is 6.88. The van der Waals surface area contributed by atoms with E-state index in [0.29, 0.717) is 12.3 Å². The van der Waals surface area contributed by atoms with Crippen LogP contribution in [-0.2, 0) is 9.59 Å². The molecule has 0 saturated heterocycles. The van der Waals surface area contributed by atoms with E-state index < -0.39 is 17.9 Å². The largest absolute Gasteiger partial charge is 0.394 e. The van der Waals surface area contributed by atoms with Crippen LogP contribution in [0.25, 0.3) is 0 Å². The van der Waals surface area contributed by atoms with Crippen molar-refractivity contribution in [3.63, 3.8) is 0 Å². The monoisotopic (exact) mass is 227 g/mol. The number of nitriles is 1. The smallest absolute Gasteiger partial charge is 0.310 e. The van der Waals surface area contributed by atoms with Crippen molar-refractivity contribution in [2.75, 3.05) is 13.2 Å². The molecule has 2 amide bonds. The Hall–Kier alpha value is -1.61. The third-order valence-electron chi connectivity index (χ3n) is 1.85. The topological polar surface area (TPSA) is 102 Å². The molecular weight excluding hydrogens is 210 g/mol. The minimum atomic E-state index is -0.858. The number of amides is 2. The van der Waals surface area contributed by atoms with E-state index in [1.165, 1.54) is 0 Å². The second-order valence-corrected chi connectivity index (χ2v) is 3.82. The summed E-state index contributed by atoms with van der Waals surface area (Å²) in [6.45, 7) is 3.48. The van der Waals surface area contributed by atoms with Gasteiger partial charge in [-0.15, -0.1) is 0 Å². The maximum absolute atomic E-state index is 11.3. The SMILES string of the molecule is CC(C)CC(CO)NC(=O)C(=O)NCC#N. The fourth-order valence-corrected chi connectivity index (χ4v) is 1.20. The van der Waals surface area contributed by atoms with Crippen molar-refractivity contribution in [1.82, 2.24) is 10.6 Å². The number of aliphatic hydroxyl groups is 1. The van der Waals surface area contributed by atoms with Gasteiger partial charge in [0.15, 0.2) is 0 Å². The van der Waals surface area contributed by atoms with Gasteiger partial charge in [0.1, 0.15) is 6.54 Å². The standard InChI is InChI=1S/C10H17N3O3/c1-7(2)5-8(6-14)13-10(16)9(15)12-4-3-11/h7-8,14H,4-6H2,1-2H3,(H,12,15)(H,13,16). The molecule has 3 N–H and O–H groups in total. The lowest BCUT2D eigenvalue weighted by Crippen LogP contribution is -2.46. The molecule has 6 heteroatoms. The Balaban J connectivity index is 4.10. The van der Waals surface area contributed by atoms with Crippen LogP contribution in [0.5, 0.6) is 0 Å². The molecule has 0 spiro atoms. The van der Waals surface area contributed by atoms with Crippen molar-refractivity contribution in [3.8, 4) is 6.07 Å². The summed E-state index contributed by atoms with van der Waals surface area (Å²) < 4.78 is 0. The molecule has 0 saturated carbocycles. The number of carbonyl (C=O) groups is 2. The van der Waals surface area contributed by atoms with Crippen molar-refractivity contribution in [1.29, 1.82) is 5.26 Å². The number of rotatable bonds is 5. The van der Waals surface area contributed by atoms with Gasteiger partial charge in [-0.3, -0.25) is 9.59 Å². The first kappa shape index (κ1) is 14.4. The lowest BCUT2D eigenvalue weighted by atomic mass is 10.0. The summed E-state index contributed by atoms with van der Waals surface area (Å²) in [5, 5.41) is 21.7. The molecule has 0 heterocycles. The predicted molar refractivity (Wildman–Crippen MR) is 57.1 cm³/mol. The minimum Gasteiger partial charge on any atom is -0.394 e. The van der Waals surface area contributed by atoms with Crippen LogP contribution in [0.3, 0.4) is 0 Å². The number of hydrogen-bond donors (Lipinski definition) is 3. The molecule has 0 aliphatic carbocycles. The highest BCUT2D eigenvalue weighted by atomic mass is 16.3. The zero-order valence-corrected chi connectivity index (χ0v) is 9.49. The van der Waals surface area contributed by atoms with Gasteiger partial charge < -0.3 is 15.7 Å². The van der Waals surface area contributed by atoms with Crippen molar-refractivity contribution in [2.45, 2.75) is 26.3 Å². The molecule has 0 bridgehead atoms. The van der Waals surface area contributed by atoms with Crippen LogP contribution in [0.15, 0.2) is 0 Å². The van der Waals surface area contributed by atoms with Gasteiger partial charge in [0.2, 0.25) is 0 Å². The third kappa shape index (κ3) is 5.98. The highest BCUT2D eigenvalue weighted by molar-refractivity contribution is 6.35.